The third-order valence-corrected chi connectivity index (χ3v) is 3.50. The summed E-state index contributed by atoms with van der Waals surface area (Å²) in [6, 6.07) is 2.17. The van der Waals surface area contributed by atoms with Crippen LogP contribution in [0.3, 0.4) is 0 Å². The molecule has 0 saturated carbocycles. The monoisotopic (exact) mass is 249 g/mol. The van der Waals surface area contributed by atoms with Crippen molar-refractivity contribution < 1.29 is 0 Å². The van der Waals surface area contributed by atoms with Gasteiger partial charge < -0.3 is 5.32 Å². The zero-order valence-corrected chi connectivity index (χ0v) is 10.3. The van der Waals surface area contributed by atoms with E-state index in [1.807, 2.05) is 0 Å². The maximum atomic E-state index is 5.75. The van der Waals surface area contributed by atoms with E-state index in [1.165, 1.54) is 16.0 Å². The molecule has 0 fully saturated rings. The summed E-state index contributed by atoms with van der Waals surface area (Å²) in [4.78, 5) is 1.38. The quantitative estimate of drug-likeness (QED) is 0.839. The number of hydrogen-bond acceptors (Lipinski definition) is 2. The van der Waals surface area contributed by atoms with Crippen molar-refractivity contribution in [3.05, 3.63) is 32.5 Å². The number of hydrogen-bond donors (Lipinski definition) is 1. The topological polar surface area (TPSA) is 12.0 Å². The summed E-state index contributed by atoms with van der Waals surface area (Å²) in [5.74, 6) is 0. The highest BCUT2D eigenvalue weighted by atomic mass is 35.5. The van der Waals surface area contributed by atoms with E-state index in [9.17, 15) is 0 Å². The van der Waals surface area contributed by atoms with Crippen molar-refractivity contribution in [1.29, 1.82) is 0 Å². The van der Waals surface area contributed by atoms with Gasteiger partial charge in [0.2, 0.25) is 0 Å². The third kappa shape index (κ3) is 3.62. The van der Waals surface area contributed by atoms with Gasteiger partial charge in [-0.2, -0.15) is 0 Å². The van der Waals surface area contributed by atoms with E-state index in [1.54, 1.807) is 11.3 Å². The molecule has 0 aliphatic heterocycles. The van der Waals surface area contributed by atoms with Gasteiger partial charge in [0.15, 0.2) is 0 Å². The summed E-state index contributed by atoms with van der Waals surface area (Å²) in [5, 5.41) is 6.00. The van der Waals surface area contributed by atoms with Crippen LogP contribution in [-0.2, 0) is 13.0 Å². The second-order valence-electron chi connectivity index (χ2n) is 2.88. The Morgan fingerprint density at radius 2 is 2.43 bits per heavy atom. The first-order valence-corrected chi connectivity index (χ1v) is 6.18. The van der Waals surface area contributed by atoms with E-state index in [-0.39, 0.29) is 0 Å². The van der Waals surface area contributed by atoms with Gasteiger partial charge in [0.25, 0.3) is 0 Å². The molecule has 0 amide bonds. The van der Waals surface area contributed by atoms with Crippen LogP contribution in [0.5, 0.6) is 0 Å². The average molecular weight is 250 g/mol. The lowest BCUT2D eigenvalue weighted by molar-refractivity contribution is 0.758. The molecule has 0 aromatic carbocycles. The van der Waals surface area contributed by atoms with E-state index < -0.39 is 0 Å². The predicted octanol–water partition coefficient (Wildman–Crippen LogP) is 3.72. The molecule has 1 rings (SSSR count). The number of aryl methyl sites for hydroxylation is 1. The Kier molecular flexibility index (Phi) is 5.56. The van der Waals surface area contributed by atoms with Crippen molar-refractivity contribution in [3.8, 4) is 0 Å². The summed E-state index contributed by atoms with van der Waals surface area (Å²) in [6.45, 7) is 3.66. The first kappa shape index (κ1) is 12.1. The molecule has 0 saturated heterocycles. The van der Waals surface area contributed by atoms with Crippen molar-refractivity contribution in [2.45, 2.75) is 19.9 Å². The van der Waals surface area contributed by atoms with Crippen LogP contribution in [0.2, 0.25) is 0 Å². The largest absolute Gasteiger partial charge is 0.307 e. The van der Waals surface area contributed by atoms with Crippen molar-refractivity contribution in [1.82, 2.24) is 5.32 Å². The van der Waals surface area contributed by atoms with Gasteiger partial charge in [0, 0.05) is 28.5 Å². The fraction of sp³-hybridized carbons (Fsp3) is 0.400. The molecule has 1 aromatic rings. The second-order valence-corrected chi connectivity index (χ2v) is 4.59. The Hall–Kier alpha value is -0.0200. The van der Waals surface area contributed by atoms with Crippen molar-refractivity contribution in [3.63, 3.8) is 0 Å². The van der Waals surface area contributed by atoms with Crippen LogP contribution in [0.4, 0.5) is 0 Å². The van der Waals surface area contributed by atoms with Crippen LogP contribution in [0.1, 0.15) is 17.4 Å². The van der Waals surface area contributed by atoms with Gasteiger partial charge in [0.05, 0.1) is 0 Å². The molecule has 4 heteroatoms. The highest BCUT2D eigenvalue weighted by molar-refractivity contribution is 7.10. The fourth-order valence-electron chi connectivity index (χ4n) is 1.17. The summed E-state index contributed by atoms with van der Waals surface area (Å²) in [7, 11) is 0. The van der Waals surface area contributed by atoms with Gasteiger partial charge in [-0.25, -0.2) is 0 Å². The fourth-order valence-corrected chi connectivity index (χ4v) is 2.29. The van der Waals surface area contributed by atoms with E-state index in [4.69, 9.17) is 23.2 Å². The molecule has 78 valence electrons. The molecular formula is C10H13Cl2NS. The minimum atomic E-state index is 0.631. The van der Waals surface area contributed by atoms with Gasteiger partial charge >= 0.3 is 0 Å². The van der Waals surface area contributed by atoms with E-state index in [2.05, 4.69) is 23.7 Å². The molecule has 1 heterocycles. The van der Waals surface area contributed by atoms with Crippen molar-refractivity contribution in [2.75, 3.05) is 6.54 Å². The number of nitrogens with one attached hydrogen (secondary N) is 1. The molecule has 0 aliphatic rings. The van der Waals surface area contributed by atoms with Gasteiger partial charge in [-0.05, 0) is 23.4 Å². The highest BCUT2D eigenvalue weighted by Gasteiger charge is 2.01. The molecule has 0 spiro atoms. The normalized spacial score (nSPS) is 12.1. The van der Waals surface area contributed by atoms with Crippen LogP contribution >= 0.6 is 34.5 Å². The molecule has 0 radical (unpaired) electrons. The van der Waals surface area contributed by atoms with E-state index in [0.717, 1.165) is 13.0 Å². The summed E-state index contributed by atoms with van der Waals surface area (Å²) < 4.78 is 0. The van der Waals surface area contributed by atoms with E-state index >= 15 is 0 Å². The Balaban J connectivity index is 2.38. The van der Waals surface area contributed by atoms with Crippen LogP contribution < -0.4 is 5.32 Å². The van der Waals surface area contributed by atoms with E-state index in [0.29, 0.717) is 11.6 Å². The maximum Gasteiger partial charge on any atom is 0.0432 e. The first-order valence-electron chi connectivity index (χ1n) is 4.48. The molecule has 1 aromatic heterocycles. The van der Waals surface area contributed by atoms with Gasteiger partial charge in [-0.15, -0.1) is 11.3 Å². The number of rotatable bonds is 5. The summed E-state index contributed by atoms with van der Waals surface area (Å²) in [6.07, 6.45) is 1.08. The average Bonchev–Trinajstić information content (AvgIpc) is 2.65. The lowest BCUT2D eigenvalue weighted by Crippen LogP contribution is -2.14. The molecule has 1 N–H and O–H groups in total. The van der Waals surface area contributed by atoms with Crippen molar-refractivity contribution >= 4 is 34.5 Å². The molecule has 0 atom stereocenters. The first-order chi connectivity index (χ1) is 6.77. The van der Waals surface area contributed by atoms with Crippen molar-refractivity contribution in [2.24, 2.45) is 0 Å². The Morgan fingerprint density at radius 3 is 3.07 bits per heavy atom. The lowest BCUT2D eigenvalue weighted by atomic mass is 10.2. The molecule has 0 unspecified atom stereocenters. The minimum Gasteiger partial charge on any atom is -0.307 e. The van der Waals surface area contributed by atoms with Crippen LogP contribution in [0.15, 0.2) is 22.0 Å². The number of thiophene rings is 1. The highest BCUT2D eigenvalue weighted by Crippen LogP contribution is 2.17. The molecule has 0 bridgehead atoms. The molecular weight excluding hydrogens is 237 g/mol. The van der Waals surface area contributed by atoms with Crippen LogP contribution in [0, 0.1) is 0 Å². The smallest absolute Gasteiger partial charge is 0.0432 e. The predicted molar refractivity (Wildman–Crippen MR) is 65.2 cm³/mol. The lowest BCUT2D eigenvalue weighted by Gasteiger charge is -2.03. The SMILES string of the molecule is CCc1ccsc1CNCC(Cl)=CCl. The standard InChI is InChI=1S/C10H13Cl2NS/c1-2-8-3-4-14-10(8)7-13-6-9(12)5-11/h3-5,13H,2,6-7H2,1H3. The van der Waals surface area contributed by atoms with Gasteiger partial charge in [-0.3, -0.25) is 0 Å². The zero-order chi connectivity index (χ0) is 10.4. The minimum absolute atomic E-state index is 0.631. The van der Waals surface area contributed by atoms with Crippen LogP contribution in [-0.4, -0.2) is 6.54 Å². The molecule has 14 heavy (non-hydrogen) atoms. The van der Waals surface area contributed by atoms with Gasteiger partial charge in [-0.1, -0.05) is 30.1 Å². The number of halogens is 2. The maximum absolute atomic E-state index is 5.75. The summed E-state index contributed by atoms with van der Waals surface area (Å²) >= 11 is 13.0. The summed E-state index contributed by atoms with van der Waals surface area (Å²) in [5.41, 5.74) is 2.80. The van der Waals surface area contributed by atoms with Crippen LogP contribution in [0.25, 0.3) is 0 Å². The zero-order valence-electron chi connectivity index (χ0n) is 8.02. The Bertz CT molecular complexity index is 307. The van der Waals surface area contributed by atoms with Gasteiger partial charge in [0.1, 0.15) is 0 Å². The third-order valence-electron chi connectivity index (χ3n) is 1.92. The Morgan fingerprint density at radius 1 is 1.64 bits per heavy atom. The molecule has 1 nitrogen and oxygen atoms in total. The Labute approximate surface area is 98.7 Å². The molecule has 0 aliphatic carbocycles. The second kappa shape index (κ2) is 6.46.